The van der Waals surface area contributed by atoms with E-state index in [1.165, 1.54) is 16.7 Å². The van der Waals surface area contributed by atoms with E-state index < -0.39 is 35.5 Å². The highest BCUT2D eigenvalue weighted by Gasteiger charge is 2.40. The Morgan fingerprint density at radius 3 is 2.34 bits per heavy atom. The van der Waals surface area contributed by atoms with Crippen LogP contribution in [0.3, 0.4) is 0 Å². The Labute approximate surface area is 229 Å². The third-order valence-corrected chi connectivity index (χ3v) is 7.21. The van der Waals surface area contributed by atoms with Gasteiger partial charge in [0.05, 0.1) is 11.9 Å². The second-order valence-corrected chi connectivity index (χ2v) is 11.9. The SMILES string of the molecule is Cc1cc(C)c(OCC(=O)N[C@@H](Cc2ccccc2)[C@H](O)C(=O)N2CSC[C@H]2C(=O)NC(C)(C)C)c(C)c1. The third kappa shape index (κ3) is 7.98. The highest BCUT2D eigenvalue weighted by molar-refractivity contribution is 7.99. The molecule has 1 aliphatic heterocycles. The molecule has 0 aliphatic carbocycles. The number of hydrogen-bond acceptors (Lipinski definition) is 6. The van der Waals surface area contributed by atoms with Crippen LogP contribution in [0.25, 0.3) is 0 Å². The van der Waals surface area contributed by atoms with Crippen LogP contribution in [0.2, 0.25) is 0 Å². The first kappa shape index (κ1) is 29.5. The Balaban J connectivity index is 1.74. The van der Waals surface area contributed by atoms with E-state index in [9.17, 15) is 19.5 Å². The lowest BCUT2D eigenvalue weighted by Gasteiger charge is -2.31. The summed E-state index contributed by atoms with van der Waals surface area (Å²) in [5.41, 5.74) is 3.37. The Bertz CT molecular complexity index is 1130. The van der Waals surface area contributed by atoms with Crippen molar-refractivity contribution >= 4 is 29.5 Å². The van der Waals surface area contributed by atoms with Crippen LogP contribution in [0.1, 0.15) is 43.0 Å². The number of rotatable bonds is 9. The first-order valence-corrected chi connectivity index (χ1v) is 13.9. The van der Waals surface area contributed by atoms with Crippen LogP contribution in [0, 0.1) is 20.8 Å². The molecular weight excluding hydrogens is 502 g/mol. The zero-order chi connectivity index (χ0) is 28.0. The maximum Gasteiger partial charge on any atom is 0.258 e. The van der Waals surface area contributed by atoms with Gasteiger partial charge < -0.3 is 25.4 Å². The quantitative estimate of drug-likeness (QED) is 0.451. The van der Waals surface area contributed by atoms with Crippen LogP contribution in [0.4, 0.5) is 0 Å². The molecule has 9 heteroatoms. The number of carbonyl (C=O) groups excluding carboxylic acids is 3. The van der Waals surface area contributed by atoms with Gasteiger partial charge in [0.15, 0.2) is 12.7 Å². The van der Waals surface area contributed by atoms with Crippen molar-refractivity contribution in [3.63, 3.8) is 0 Å². The molecule has 0 radical (unpaired) electrons. The predicted octanol–water partition coefficient (Wildman–Crippen LogP) is 2.90. The first-order chi connectivity index (χ1) is 17.9. The summed E-state index contributed by atoms with van der Waals surface area (Å²) < 4.78 is 5.83. The minimum absolute atomic E-state index is 0.238. The number of aryl methyl sites for hydroxylation is 3. The van der Waals surface area contributed by atoms with Crippen molar-refractivity contribution in [2.45, 2.75) is 71.7 Å². The van der Waals surface area contributed by atoms with E-state index in [-0.39, 0.29) is 18.9 Å². The summed E-state index contributed by atoms with van der Waals surface area (Å²) in [4.78, 5) is 40.6. The van der Waals surface area contributed by atoms with Gasteiger partial charge in [0.1, 0.15) is 11.8 Å². The molecule has 0 spiro atoms. The lowest BCUT2D eigenvalue weighted by Crippen LogP contribution is -2.58. The second-order valence-electron chi connectivity index (χ2n) is 10.9. The standard InChI is InChI=1S/C29H39N3O5S/c1-18-12-19(2)26(20(3)13-18)37-15-24(33)30-22(14-21-10-8-7-9-11-21)25(34)28(36)32-17-38-16-23(32)27(35)31-29(4,5)6/h7-13,22-23,25,34H,14-17H2,1-6H3,(H,30,33)(H,31,35)/t22-,23-,25-/m0/s1. The maximum atomic E-state index is 13.4. The summed E-state index contributed by atoms with van der Waals surface area (Å²) in [5.74, 6) is 0.0809. The van der Waals surface area contributed by atoms with Crippen molar-refractivity contribution < 1.29 is 24.2 Å². The summed E-state index contributed by atoms with van der Waals surface area (Å²) in [6, 6.07) is 11.7. The predicted molar refractivity (Wildman–Crippen MR) is 150 cm³/mol. The fraction of sp³-hybridized carbons (Fsp3) is 0.483. The summed E-state index contributed by atoms with van der Waals surface area (Å²) in [5, 5.41) is 16.9. The zero-order valence-corrected chi connectivity index (χ0v) is 23.9. The van der Waals surface area contributed by atoms with E-state index in [2.05, 4.69) is 10.6 Å². The van der Waals surface area contributed by atoms with Crippen LogP contribution in [-0.4, -0.2) is 69.7 Å². The van der Waals surface area contributed by atoms with E-state index in [0.717, 1.165) is 22.3 Å². The molecule has 0 aromatic heterocycles. The number of ether oxygens (including phenoxy) is 1. The van der Waals surface area contributed by atoms with Gasteiger partial charge in [-0.3, -0.25) is 14.4 Å². The van der Waals surface area contributed by atoms with Crippen LogP contribution < -0.4 is 15.4 Å². The minimum atomic E-state index is -1.54. The molecule has 0 unspecified atom stereocenters. The van der Waals surface area contributed by atoms with Crippen molar-refractivity contribution in [2.75, 3.05) is 18.2 Å². The summed E-state index contributed by atoms with van der Waals surface area (Å²) in [6.07, 6.45) is -1.30. The average molecular weight is 542 g/mol. The van der Waals surface area contributed by atoms with Crippen LogP contribution in [0.5, 0.6) is 5.75 Å². The van der Waals surface area contributed by atoms with E-state index in [4.69, 9.17) is 4.74 Å². The number of amides is 3. The van der Waals surface area contributed by atoms with Gasteiger partial charge in [-0.25, -0.2) is 0 Å². The molecule has 3 amide bonds. The van der Waals surface area contributed by atoms with Gasteiger partial charge in [-0.15, -0.1) is 11.8 Å². The highest BCUT2D eigenvalue weighted by atomic mass is 32.2. The van der Waals surface area contributed by atoms with Crippen LogP contribution in [-0.2, 0) is 20.8 Å². The number of nitrogens with zero attached hydrogens (tertiary/aromatic N) is 1. The van der Waals surface area contributed by atoms with Crippen molar-refractivity contribution in [3.8, 4) is 5.75 Å². The molecule has 1 aliphatic rings. The number of benzene rings is 2. The fourth-order valence-corrected chi connectivity index (χ4v) is 5.73. The molecule has 2 aromatic carbocycles. The number of nitrogens with one attached hydrogen (secondary N) is 2. The smallest absolute Gasteiger partial charge is 0.258 e. The monoisotopic (exact) mass is 541 g/mol. The Morgan fingerprint density at radius 1 is 1.11 bits per heavy atom. The largest absolute Gasteiger partial charge is 0.483 e. The van der Waals surface area contributed by atoms with Gasteiger partial charge in [0, 0.05) is 11.3 Å². The van der Waals surface area contributed by atoms with E-state index in [1.54, 1.807) is 0 Å². The number of thioether (sulfide) groups is 1. The van der Waals surface area contributed by atoms with Gasteiger partial charge in [-0.1, -0.05) is 48.0 Å². The van der Waals surface area contributed by atoms with Crippen LogP contribution >= 0.6 is 11.8 Å². The molecule has 3 N–H and O–H groups in total. The molecule has 206 valence electrons. The lowest BCUT2D eigenvalue weighted by molar-refractivity contribution is -0.147. The van der Waals surface area contributed by atoms with E-state index in [1.807, 2.05) is 84.0 Å². The lowest BCUT2D eigenvalue weighted by atomic mass is 9.99. The zero-order valence-electron chi connectivity index (χ0n) is 23.0. The number of hydrogen-bond donors (Lipinski definition) is 3. The molecule has 3 rings (SSSR count). The molecule has 0 saturated carbocycles. The number of aliphatic hydroxyl groups is 1. The summed E-state index contributed by atoms with van der Waals surface area (Å²) in [6.45, 7) is 11.2. The van der Waals surface area contributed by atoms with Gasteiger partial charge in [0.25, 0.3) is 11.8 Å². The second kappa shape index (κ2) is 12.7. The van der Waals surface area contributed by atoms with Crippen molar-refractivity contribution in [2.24, 2.45) is 0 Å². The molecule has 1 fully saturated rings. The summed E-state index contributed by atoms with van der Waals surface area (Å²) >= 11 is 1.46. The van der Waals surface area contributed by atoms with E-state index >= 15 is 0 Å². The third-order valence-electron chi connectivity index (χ3n) is 6.20. The Hall–Kier alpha value is -3.04. The van der Waals surface area contributed by atoms with Crippen molar-refractivity contribution in [1.82, 2.24) is 15.5 Å². The fourth-order valence-electron chi connectivity index (χ4n) is 4.56. The highest BCUT2D eigenvalue weighted by Crippen LogP contribution is 2.25. The van der Waals surface area contributed by atoms with Gasteiger partial charge in [-0.05, 0) is 64.7 Å². The van der Waals surface area contributed by atoms with Crippen LogP contribution in [0.15, 0.2) is 42.5 Å². The molecule has 3 atom stereocenters. The topological polar surface area (TPSA) is 108 Å². The normalized spacial score (nSPS) is 17.0. The molecule has 1 saturated heterocycles. The van der Waals surface area contributed by atoms with E-state index in [0.29, 0.717) is 17.4 Å². The molecule has 38 heavy (non-hydrogen) atoms. The minimum Gasteiger partial charge on any atom is -0.483 e. The maximum absolute atomic E-state index is 13.4. The Morgan fingerprint density at radius 2 is 1.74 bits per heavy atom. The molecule has 8 nitrogen and oxygen atoms in total. The van der Waals surface area contributed by atoms with Gasteiger partial charge in [0.2, 0.25) is 5.91 Å². The average Bonchev–Trinajstić information content (AvgIpc) is 3.32. The molecule has 2 aromatic rings. The van der Waals surface area contributed by atoms with Crippen molar-refractivity contribution in [3.05, 3.63) is 64.7 Å². The molecule has 1 heterocycles. The Kier molecular flexibility index (Phi) is 9.84. The number of aliphatic hydroxyl groups excluding tert-OH is 1. The number of carbonyl (C=O) groups is 3. The van der Waals surface area contributed by atoms with Gasteiger partial charge in [-0.2, -0.15) is 0 Å². The molecular formula is C29H39N3O5S. The first-order valence-electron chi connectivity index (χ1n) is 12.8. The summed E-state index contributed by atoms with van der Waals surface area (Å²) in [7, 11) is 0. The van der Waals surface area contributed by atoms with Gasteiger partial charge >= 0.3 is 0 Å². The van der Waals surface area contributed by atoms with Crippen molar-refractivity contribution in [1.29, 1.82) is 0 Å². The molecule has 0 bridgehead atoms.